The van der Waals surface area contributed by atoms with Gasteiger partial charge in [0.05, 0.1) is 35.6 Å². The summed E-state index contributed by atoms with van der Waals surface area (Å²) < 4.78 is 0. The molecule has 29 heavy (non-hydrogen) atoms. The van der Waals surface area contributed by atoms with Gasteiger partial charge in [-0.05, 0) is 37.2 Å². The fourth-order valence-corrected chi connectivity index (χ4v) is 3.23. The first-order chi connectivity index (χ1) is 14.2. The van der Waals surface area contributed by atoms with Gasteiger partial charge in [-0.15, -0.1) is 0 Å². The molecule has 1 atom stereocenters. The zero-order chi connectivity index (χ0) is 20.2. The Labute approximate surface area is 166 Å². The number of nitrogens with one attached hydrogen (secondary N) is 3. The minimum absolute atomic E-state index is 0.140. The van der Waals surface area contributed by atoms with Gasteiger partial charge in [-0.3, -0.25) is 14.9 Å². The highest BCUT2D eigenvalue weighted by Gasteiger charge is 2.23. The van der Waals surface area contributed by atoms with Gasteiger partial charge < -0.3 is 21.8 Å². The molecule has 9 nitrogen and oxygen atoms in total. The highest BCUT2D eigenvalue weighted by Crippen LogP contribution is 2.26. The van der Waals surface area contributed by atoms with Crippen LogP contribution in [0.25, 0.3) is 22.2 Å². The lowest BCUT2D eigenvalue weighted by molar-refractivity contribution is -0.123. The predicted molar refractivity (Wildman–Crippen MR) is 111 cm³/mol. The number of rotatable bonds is 7. The standard InChI is InChI=1S/C20H22N8O/c21-7-6-15(20(29)25-10-13-3-1-2-8-23-13)19-24-11-17(26-19)12-4-5-14-16(9-12)27-28-18(14)22/h1-5,8-9,11,15H,6-7,10,21H2,(H,24,26)(H,25,29)(H3,22,27,28)/t15-/m0/s1. The average molecular weight is 390 g/mol. The molecule has 0 aliphatic carbocycles. The van der Waals surface area contributed by atoms with Gasteiger partial charge in [0.2, 0.25) is 5.91 Å². The first kappa shape index (κ1) is 18.6. The summed E-state index contributed by atoms with van der Waals surface area (Å²) in [5.41, 5.74) is 14.9. The lowest BCUT2D eigenvalue weighted by Crippen LogP contribution is -2.31. The maximum absolute atomic E-state index is 12.7. The number of H-pyrrole nitrogens is 2. The van der Waals surface area contributed by atoms with Gasteiger partial charge in [0.15, 0.2) is 5.82 Å². The molecule has 3 aromatic heterocycles. The second-order valence-electron chi connectivity index (χ2n) is 6.72. The number of carbonyl (C=O) groups excluding carboxylic acids is 1. The molecule has 9 heteroatoms. The van der Waals surface area contributed by atoms with Crippen molar-refractivity contribution in [3.8, 4) is 11.3 Å². The number of imidazole rings is 1. The van der Waals surface area contributed by atoms with E-state index in [9.17, 15) is 4.79 Å². The molecule has 4 rings (SSSR count). The molecule has 0 bridgehead atoms. The molecular weight excluding hydrogens is 368 g/mol. The molecular formula is C20H22N8O. The quantitative estimate of drug-likeness (QED) is 0.324. The molecule has 0 aliphatic heterocycles. The molecule has 0 fully saturated rings. The third-order valence-corrected chi connectivity index (χ3v) is 4.77. The van der Waals surface area contributed by atoms with Gasteiger partial charge in [-0.25, -0.2) is 4.98 Å². The van der Waals surface area contributed by atoms with Crippen LogP contribution in [0.4, 0.5) is 5.82 Å². The first-order valence-electron chi connectivity index (χ1n) is 9.32. The number of amides is 1. The highest BCUT2D eigenvalue weighted by molar-refractivity contribution is 5.91. The number of nitrogens with two attached hydrogens (primary N) is 2. The molecule has 3 heterocycles. The summed E-state index contributed by atoms with van der Waals surface area (Å²) in [6.07, 6.45) is 3.89. The third kappa shape index (κ3) is 3.94. The zero-order valence-corrected chi connectivity index (χ0v) is 15.7. The summed E-state index contributed by atoms with van der Waals surface area (Å²) in [6.45, 7) is 0.726. The number of aromatic nitrogens is 5. The summed E-state index contributed by atoms with van der Waals surface area (Å²) in [5.74, 6) is 0.431. The molecule has 0 spiro atoms. The number of hydrogen-bond acceptors (Lipinski definition) is 6. The second kappa shape index (κ2) is 8.11. The van der Waals surface area contributed by atoms with Crippen LogP contribution in [-0.2, 0) is 11.3 Å². The Morgan fingerprint density at radius 2 is 2.10 bits per heavy atom. The van der Waals surface area contributed by atoms with Crippen LogP contribution in [0.3, 0.4) is 0 Å². The average Bonchev–Trinajstić information content (AvgIpc) is 3.38. The van der Waals surface area contributed by atoms with Crippen molar-refractivity contribution in [3.05, 3.63) is 60.3 Å². The lowest BCUT2D eigenvalue weighted by atomic mass is 10.0. The van der Waals surface area contributed by atoms with Gasteiger partial charge in [0, 0.05) is 17.1 Å². The van der Waals surface area contributed by atoms with Gasteiger partial charge >= 0.3 is 0 Å². The first-order valence-corrected chi connectivity index (χ1v) is 9.32. The van der Waals surface area contributed by atoms with E-state index < -0.39 is 5.92 Å². The van der Waals surface area contributed by atoms with E-state index in [4.69, 9.17) is 11.5 Å². The van der Waals surface area contributed by atoms with Crippen molar-refractivity contribution in [2.45, 2.75) is 18.9 Å². The summed E-state index contributed by atoms with van der Waals surface area (Å²) in [6, 6.07) is 11.4. The number of pyridine rings is 1. The van der Waals surface area contributed by atoms with Crippen molar-refractivity contribution in [1.82, 2.24) is 30.5 Å². The SMILES string of the molecule is NCC[C@H](C(=O)NCc1ccccn1)c1ncc(-c2ccc3c(N)n[nH]c3c2)[nH]1. The smallest absolute Gasteiger partial charge is 0.231 e. The Bertz CT molecular complexity index is 1120. The van der Waals surface area contributed by atoms with Crippen molar-refractivity contribution >= 4 is 22.6 Å². The van der Waals surface area contributed by atoms with E-state index in [1.165, 1.54) is 0 Å². The number of hydrogen-bond donors (Lipinski definition) is 5. The van der Waals surface area contributed by atoms with Gasteiger partial charge in [-0.2, -0.15) is 5.10 Å². The number of nitrogens with zero attached hydrogens (tertiary/aromatic N) is 3. The van der Waals surface area contributed by atoms with E-state index in [-0.39, 0.29) is 5.91 Å². The van der Waals surface area contributed by atoms with E-state index in [2.05, 4.69) is 30.5 Å². The largest absolute Gasteiger partial charge is 0.382 e. The molecule has 0 saturated carbocycles. The summed E-state index contributed by atoms with van der Waals surface area (Å²) >= 11 is 0. The van der Waals surface area contributed by atoms with Crippen LogP contribution in [0.5, 0.6) is 0 Å². The van der Waals surface area contributed by atoms with Crippen molar-refractivity contribution in [3.63, 3.8) is 0 Å². The molecule has 1 aromatic carbocycles. The van der Waals surface area contributed by atoms with Crippen LogP contribution in [0.15, 0.2) is 48.8 Å². The van der Waals surface area contributed by atoms with E-state index in [1.807, 2.05) is 36.4 Å². The van der Waals surface area contributed by atoms with E-state index >= 15 is 0 Å². The Hall–Kier alpha value is -3.72. The van der Waals surface area contributed by atoms with Crippen molar-refractivity contribution in [2.75, 3.05) is 12.3 Å². The number of benzene rings is 1. The number of aromatic amines is 2. The van der Waals surface area contributed by atoms with Gasteiger partial charge in [0.1, 0.15) is 5.82 Å². The van der Waals surface area contributed by atoms with Crippen LogP contribution in [0.1, 0.15) is 23.9 Å². The fourth-order valence-electron chi connectivity index (χ4n) is 3.23. The lowest BCUT2D eigenvalue weighted by Gasteiger charge is -2.14. The minimum atomic E-state index is -0.469. The Morgan fingerprint density at radius 1 is 1.21 bits per heavy atom. The summed E-state index contributed by atoms with van der Waals surface area (Å²) in [5, 5.41) is 10.7. The molecule has 0 aliphatic rings. The molecule has 1 amide bonds. The fraction of sp³-hybridized carbons (Fsp3) is 0.200. The van der Waals surface area contributed by atoms with Crippen LogP contribution in [-0.4, -0.2) is 37.6 Å². The summed E-state index contributed by atoms with van der Waals surface area (Å²) in [7, 11) is 0. The predicted octanol–water partition coefficient (Wildman–Crippen LogP) is 1.68. The Kier molecular flexibility index (Phi) is 5.21. The molecule has 0 saturated heterocycles. The molecule has 4 aromatic rings. The molecule has 7 N–H and O–H groups in total. The maximum Gasteiger partial charge on any atom is 0.231 e. The van der Waals surface area contributed by atoms with Crippen LogP contribution in [0, 0.1) is 0 Å². The topological polar surface area (TPSA) is 151 Å². The second-order valence-corrected chi connectivity index (χ2v) is 6.72. The van der Waals surface area contributed by atoms with E-state index in [1.54, 1.807) is 12.4 Å². The maximum atomic E-state index is 12.7. The van der Waals surface area contributed by atoms with Crippen LogP contribution in [0.2, 0.25) is 0 Å². The van der Waals surface area contributed by atoms with Crippen molar-refractivity contribution in [1.29, 1.82) is 0 Å². The zero-order valence-electron chi connectivity index (χ0n) is 15.7. The number of anilines is 1. The minimum Gasteiger partial charge on any atom is -0.382 e. The Balaban J connectivity index is 1.53. The van der Waals surface area contributed by atoms with Crippen LogP contribution >= 0.6 is 0 Å². The number of carbonyl (C=O) groups is 1. The highest BCUT2D eigenvalue weighted by atomic mass is 16.1. The summed E-state index contributed by atoms with van der Waals surface area (Å²) in [4.78, 5) is 24.7. The number of fused-ring (bicyclic) bond motifs is 1. The van der Waals surface area contributed by atoms with Crippen molar-refractivity contribution in [2.24, 2.45) is 5.73 Å². The number of nitrogen functional groups attached to an aromatic ring is 1. The van der Waals surface area contributed by atoms with Gasteiger partial charge in [0.25, 0.3) is 0 Å². The van der Waals surface area contributed by atoms with E-state index in [0.717, 1.165) is 27.9 Å². The molecule has 0 radical (unpaired) electrons. The Morgan fingerprint density at radius 3 is 2.90 bits per heavy atom. The van der Waals surface area contributed by atoms with Gasteiger partial charge in [-0.1, -0.05) is 12.1 Å². The van der Waals surface area contributed by atoms with Crippen LogP contribution < -0.4 is 16.8 Å². The normalized spacial score (nSPS) is 12.2. The van der Waals surface area contributed by atoms with Crippen molar-refractivity contribution < 1.29 is 4.79 Å². The molecule has 0 unspecified atom stereocenters. The molecule has 148 valence electrons. The monoisotopic (exact) mass is 390 g/mol. The third-order valence-electron chi connectivity index (χ3n) is 4.77. The van der Waals surface area contributed by atoms with E-state index in [0.29, 0.717) is 31.2 Å².